The molecule has 0 spiro atoms. The van der Waals surface area contributed by atoms with Gasteiger partial charge in [-0.1, -0.05) is 63.3 Å². The average molecular weight is 231 g/mol. The third-order valence-electron chi connectivity index (χ3n) is 3.81. The van der Waals surface area contributed by atoms with Gasteiger partial charge in [0.05, 0.1) is 0 Å². The monoisotopic (exact) mass is 231 g/mol. The van der Waals surface area contributed by atoms with Gasteiger partial charge in [0.15, 0.2) is 0 Å². The van der Waals surface area contributed by atoms with E-state index >= 15 is 0 Å². The van der Waals surface area contributed by atoms with Gasteiger partial charge in [0.25, 0.3) is 0 Å². The summed E-state index contributed by atoms with van der Waals surface area (Å²) in [6, 6.07) is 9.55. The van der Waals surface area contributed by atoms with Crippen LogP contribution >= 0.6 is 0 Å². The van der Waals surface area contributed by atoms with Gasteiger partial charge >= 0.3 is 0 Å². The standard InChI is InChI=1S/C16H25N/c1-2-3-4-5-6-11-16-15-10-8-7-9-14(15)12-13-17-16/h7-10,16-17H,2-6,11-13H2,1H3. The number of unbranched alkanes of at least 4 members (excludes halogenated alkanes) is 4. The molecule has 17 heavy (non-hydrogen) atoms. The molecule has 1 aromatic carbocycles. The minimum atomic E-state index is 0.613. The van der Waals surface area contributed by atoms with Gasteiger partial charge in [0.1, 0.15) is 0 Å². The van der Waals surface area contributed by atoms with Crippen molar-refractivity contribution >= 4 is 0 Å². The zero-order valence-corrected chi connectivity index (χ0v) is 11.0. The third kappa shape index (κ3) is 3.57. The van der Waals surface area contributed by atoms with E-state index in [4.69, 9.17) is 0 Å². The van der Waals surface area contributed by atoms with Crippen molar-refractivity contribution in [2.24, 2.45) is 0 Å². The second kappa shape index (κ2) is 6.80. The minimum absolute atomic E-state index is 0.613. The summed E-state index contributed by atoms with van der Waals surface area (Å²) in [5, 5.41) is 3.67. The fourth-order valence-electron chi connectivity index (χ4n) is 2.80. The summed E-state index contributed by atoms with van der Waals surface area (Å²) < 4.78 is 0. The number of benzene rings is 1. The van der Waals surface area contributed by atoms with Crippen LogP contribution < -0.4 is 5.32 Å². The average Bonchev–Trinajstić information content (AvgIpc) is 2.39. The van der Waals surface area contributed by atoms with Crippen LogP contribution in [0.3, 0.4) is 0 Å². The van der Waals surface area contributed by atoms with Crippen molar-refractivity contribution < 1.29 is 0 Å². The van der Waals surface area contributed by atoms with Gasteiger partial charge in [-0.05, 0) is 30.5 Å². The predicted octanol–water partition coefficient (Wildman–Crippen LogP) is 4.23. The highest BCUT2D eigenvalue weighted by atomic mass is 14.9. The van der Waals surface area contributed by atoms with Gasteiger partial charge in [-0.15, -0.1) is 0 Å². The molecule has 1 heteroatoms. The predicted molar refractivity (Wildman–Crippen MR) is 74.3 cm³/mol. The van der Waals surface area contributed by atoms with Gasteiger partial charge in [-0.25, -0.2) is 0 Å². The SMILES string of the molecule is CCCCCCCC1NCCc2ccccc21. The Morgan fingerprint density at radius 1 is 1.12 bits per heavy atom. The fourth-order valence-corrected chi connectivity index (χ4v) is 2.80. The molecular weight excluding hydrogens is 206 g/mol. The van der Waals surface area contributed by atoms with Crippen molar-refractivity contribution in [2.75, 3.05) is 6.54 Å². The van der Waals surface area contributed by atoms with E-state index in [9.17, 15) is 0 Å². The van der Waals surface area contributed by atoms with E-state index in [2.05, 4.69) is 36.5 Å². The smallest absolute Gasteiger partial charge is 0.0323 e. The van der Waals surface area contributed by atoms with Crippen LogP contribution in [0, 0.1) is 0 Å². The second-order valence-electron chi connectivity index (χ2n) is 5.16. The van der Waals surface area contributed by atoms with E-state index in [1.807, 2.05) is 0 Å². The van der Waals surface area contributed by atoms with Crippen LogP contribution in [-0.4, -0.2) is 6.54 Å². The van der Waals surface area contributed by atoms with Crippen LogP contribution in [0.1, 0.15) is 62.6 Å². The molecule has 0 fully saturated rings. The van der Waals surface area contributed by atoms with Gasteiger partial charge in [-0.3, -0.25) is 0 Å². The van der Waals surface area contributed by atoms with E-state index in [-0.39, 0.29) is 0 Å². The summed E-state index contributed by atoms with van der Waals surface area (Å²) in [5.41, 5.74) is 3.11. The summed E-state index contributed by atoms with van der Waals surface area (Å²) in [6.45, 7) is 3.43. The molecule has 0 saturated heterocycles. The van der Waals surface area contributed by atoms with Gasteiger partial charge in [0.2, 0.25) is 0 Å². The van der Waals surface area contributed by atoms with E-state index in [0.717, 1.165) is 6.54 Å². The molecule has 0 bridgehead atoms. The van der Waals surface area contributed by atoms with Gasteiger partial charge in [-0.2, -0.15) is 0 Å². The Labute approximate surface area is 106 Å². The molecule has 1 heterocycles. The van der Waals surface area contributed by atoms with E-state index in [1.165, 1.54) is 44.9 Å². The van der Waals surface area contributed by atoms with Crippen LogP contribution in [0.5, 0.6) is 0 Å². The summed E-state index contributed by atoms with van der Waals surface area (Å²) in [7, 11) is 0. The number of rotatable bonds is 6. The number of hydrogen-bond donors (Lipinski definition) is 1. The first-order valence-electron chi connectivity index (χ1n) is 7.23. The Kier molecular flexibility index (Phi) is 5.06. The molecule has 1 unspecified atom stereocenters. The van der Waals surface area contributed by atoms with Crippen molar-refractivity contribution in [1.29, 1.82) is 0 Å². The lowest BCUT2D eigenvalue weighted by Gasteiger charge is -2.27. The normalized spacial score (nSPS) is 19.0. The van der Waals surface area contributed by atoms with Crippen LogP contribution in [0.15, 0.2) is 24.3 Å². The molecule has 1 aliphatic rings. The zero-order valence-electron chi connectivity index (χ0n) is 11.0. The van der Waals surface area contributed by atoms with Crippen molar-refractivity contribution in [3.63, 3.8) is 0 Å². The molecule has 0 aromatic heterocycles. The topological polar surface area (TPSA) is 12.0 Å². The van der Waals surface area contributed by atoms with Crippen LogP contribution in [0.4, 0.5) is 0 Å². The highest BCUT2D eigenvalue weighted by Crippen LogP contribution is 2.26. The zero-order chi connectivity index (χ0) is 11.9. The van der Waals surface area contributed by atoms with Crippen molar-refractivity contribution in [1.82, 2.24) is 5.32 Å². The largest absolute Gasteiger partial charge is 0.310 e. The molecule has 0 amide bonds. The highest BCUT2D eigenvalue weighted by Gasteiger charge is 2.17. The molecule has 0 aliphatic carbocycles. The Balaban J connectivity index is 1.82. The third-order valence-corrected chi connectivity index (χ3v) is 3.81. The number of nitrogens with one attached hydrogen (secondary N) is 1. The molecule has 1 nitrogen and oxygen atoms in total. The fraction of sp³-hybridized carbons (Fsp3) is 0.625. The van der Waals surface area contributed by atoms with E-state index in [0.29, 0.717) is 6.04 Å². The second-order valence-corrected chi connectivity index (χ2v) is 5.16. The summed E-state index contributed by atoms with van der Waals surface area (Å²) in [6.07, 6.45) is 9.41. The van der Waals surface area contributed by atoms with Crippen molar-refractivity contribution in [3.05, 3.63) is 35.4 Å². The van der Waals surface area contributed by atoms with Gasteiger partial charge in [0, 0.05) is 6.04 Å². The quantitative estimate of drug-likeness (QED) is 0.722. The van der Waals surface area contributed by atoms with Crippen molar-refractivity contribution in [3.8, 4) is 0 Å². The summed E-state index contributed by atoms with van der Waals surface area (Å²) in [5.74, 6) is 0. The highest BCUT2D eigenvalue weighted by molar-refractivity contribution is 5.32. The summed E-state index contributed by atoms with van der Waals surface area (Å²) >= 11 is 0. The number of hydrogen-bond acceptors (Lipinski definition) is 1. The van der Waals surface area contributed by atoms with Crippen LogP contribution in [-0.2, 0) is 6.42 Å². The molecule has 1 atom stereocenters. The van der Waals surface area contributed by atoms with Crippen molar-refractivity contribution in [2.45, 2.75) is 57.9 Å². The first kappa shape index (κ1) is 12.6. The lowest BCUT2D eigenvalue weighted by Crippen LogP contribution is -2.29. The number of fused-ring (bicyclic) bond motifs is 1. The molecule has 1 N–H and O–H groups in total. The lowest BCUT2D eigenvalue weighted by molar-refractivity contribution is 0.449. The maximum atomic E-state index is 3.67. The Morgan fingerprint density at radius 3 is 2.82 bits per heavy atom. The minimum Gasteiger partial charge on any atom is -0.310 e. The molecule has 2 rings (SSSR count). The van der Waals surface area contributed by atoms with Crippen LogP contribution in [0.2, 0.25) is 0 Å². The molecule has 1 aromatic rings. The Morgan fingerprint density at radius 2 is 1.94 bits per heavy atom. The summed E-state index contributed by atoms with van der Waals surface area (Å²) in [4.78, 5) is 0. The first-order chi connectivity index (χ1) is 8.42. The molecule has 0 radical (unpaired) electrons. The van der Waals surface area contributed by atoms with E-state index in [1.54, 1.807) is 11.1 Å². The molecule has 94 valence electrons. The molecule has 1 aliphatic heterocycles. The maximum absolute atomic E-state index is 3.67. The Bertz CT molecular complexity index is 332. The molecule has 0 saturated carbocycles. The van der Waals surface area contributed by atoms with E-state index < -0.39 is 0 Å². The lowest BCUT2D eigenvalue weighted by atomic mass is 9.91. The Hall–Kier alpha value is -0.820. The van der Waals surface area contributed by atoms with Gasteiger partial charge < -0.3 is 5.32 Å². The van der Waals surface area contributed by atoms with Crippen LogP contribution in [0.25, 0.3) is 0 Å². The molecular formula is C16H25N. The first-order valence-corrected chi connectivity index (χ1v) is 7.23. The maximum Gasteiger partial charge on any atom is 0.0323 e.